The van der Waals surface area contributed by atoms with Crippen molar-refractivity contribution in [2.24, 2.45) is 11.5 Å². The van der Waals surface area contributed by atoms with Crippen molar-refractivity contribution in [1.29, 1.82) is 10.5 Å². The number of imidazole rings is 1. The average Bonchev–Trinajstić information content (AvgIpc) is 3.42. The van der Waals surface area contributed by atoms with Crippen LogP contribution < -0.4 is 32.3 Å². The third-order valence-corrected chi connectivity index (χ3v) is 7.08. The maximum Gasteiger partial charge on any atom is 0.407 e. The Morgan fingerprint density at radius 2 is 2.09 bits per heavy atom. The summed E-state index contributed by atoms with van der Waals surface area (Å²) < 4.78 is 11.8. The quantitative estimate of drug-likeness (QED) is 0.203. The number of hydrogen-bond donors (Lipinski definition) is 5. The zero-order valence-corrected chi connectivity index (χ0v) is 24.3. The summed E-state index contributed by atoms with van der Waals surface area (Å²) in [7, 11) is 1.24. The van der Waals surface area contributed by atoms with Crippen molar-refractivity contribution in [2.45, 2.75) is 38.0 Å². The summed E-state index contributed by atoms with van der Waals surface area (Å²) in [5.41, 5.74) is 13.1. The van der Waals surface area contributed by atoms with E-state index in [0.29, 0.717) is 42.4 Å². The zero-order valence-electron chi connectivity index (χ0n) is 23.5. The summed E-state index contributed by atoms with van der Waals surface area (Å²) >= 11 is 6.88. The number of nitrogens with two attached hydrogens (primary N) is 2. The number of aromatic nitrogens is 4. The molecule has 1 aliphatic heterocycles. The van der Waals surface area contributed by atoms with Crippen LogP contribution in [0.3, 0.4) is 0 Å². The van der Waals surface area contributed by atoms with E-state index in [1.54, 1.807) is 12.1 Å². The van der Waals surface area contributed by atoms with Gasteiger partial charge < -0.3 is 41.8 Å². The van der Waals surface area contributed by atoms with Crippen molar-refractivity contribution in [2.75, 3.05) is 48.8 Å². The second-order valence-corrected chi connectivity index (χ2v) is 9.91. The second kappa shape index (κ2) is 13.8. The predicted octanol–water partition coefficient (Wildman–Crippen LogP) is 1.22. The number of piperidine rings is 1. The van der Waals surface area contributed by atoms with Gasteiger partial charge in [-0.05, 0) is 38.4 Å². The van der Waals surface area contributed by atoms with Crippen LogP contribution in [0.1, 0.15) is 31.0 Å². The molecule has 3 unspecified atom stereocenters. The first kappa shape index (κ1) is 31.0. The van der Waals surface area contributed by atoms with E-state index in [2.05, 4.69) is 37.1 Å². The van der Waals surface area contributed by atoms with Gasteiger partial charge in [-0.2, -0.15) is 20.0 Å². The van der Waals surface area contributed by atoms with Gasteiger partial charge >= 0.3 is 12.1 Å². The van der Waals surface area contributed by atoms with Crippen LogP contribution in [0.2, 0.25) is 5.02 Å². The van der Waals surface area contributed by atoms with Crippen LogP contribution in [0.15, 0.2) is 18.3 Å². The number of hydrogen-bond acceptors (Lipinski definition) is 14. The molecule has 1 fully saturated rings. The topological polar surface area (TPSA) is 235 Å². The lowest BCUT2D eigenvalue weighted by molar-refractivity contribution is -0.152. The van der Waals surface area contributed by atoms with Gasteiger partial charge in [0.1, 0.15) is 18.2 Å². The molecular weight excluding hydrogens is 580 g/mol. The molecule has 7 N–H and O–H groups in total. The summed E-state index contributed by atoms with van der Waals surface area (Å²) in [5.74, 6) is -0.164. The number of nitrogens with zero attached hydrogens (tertiary/aromatic N) is 7. The predicted molar refractivity (Wildman–Crippen MR) is 157 cm³/mol. The van der Waals surface area contributed by atoms with Crippen molar-refractivity contribution in [3.63, 3.8) is 0 Å². The highest BCUT2D eigenvalue weighted by atomic mass is 35.5. The van der Waals surface area contributed by atoms with E-state index in [9.17, 15) is 20.1 Å². The fourth-order valence-corrected chi connectivity index (χ4v) is 4.85. The number of rotatable bonds is 10. The normalized spacial score (nSPS) is 17.0. The Balaban J connectivity index is 1.67. The number of fused-ring (bicyclic) bond motifs is 1. The summed E-state index contributed by atoms with van der Waals surface area (Å²) in [6.07, 6.45) is 0.488. The number of methoxy groups -OCH3 is 1. The SMILES string of the molecule is CCNc1nc(Nc2cc(C#N)cc(N3CCC(NC(=O)OC)C(OC(=O)C(N)CCN)C3)c2Cl)nn2c(C#N)cnc12. The highest BCUT2D eigenvalue weighted by Crippen LogP contribution is 2.37. The lowest BCUT2D eigenvalue weighted by Crippen LogP contribution is -2.56. The third-order valence-electron chi connectivity index (χ3n) is 6.69. The van der Waals surface area contributed by atoms with Crippen molar-refractivity contribution in [3.8, 4) is 12.1 Å². The molecule has 3 atom stereocenters. The number of halogens is 1. The number of amides is 1. The number of esters is 1. The van der Waals surface area contributed by atoms with Crippen LogP contribution in [-0.4, -0.2) is 83.1 Å². The Bertz CT molecular complexity index is 1580. The van der Waals surface area contributed by atoms with E-state index in [-0.39, 0.29) is 41.7 Å². The molecule has 1 aromatic carbocycles. The number of benzene rings is 1. The first-order valence-corrected chi connectivity index (χ1v) is 13.8. The van der Waals surface area contributed by atoms with Crippen LogP contribution in [-0.2, 0) is 14.3 Å². The Hall–Kier alpha value is -4.90. The van der Waals surface area contributed by atoms with E-state index in [1.165, 1.54) is 17.8 Å². The molecule has 2 aromatic heterocycles. The minimum absolute atomic E-state index is 0.0996. The van der Waals surface area contributed by atoms with Gasteiger partial charge in [-0.15, -0.1) is 5.10 Å². The minimum Gasteiger partial charge on any atom is -0.457 e. The number of alkyl carbamates (subject to hydrolysis) is 1. The number of nitriles is 2. The molecule has 1 amide bonds. The number of carbonyl (C=O) groups is 2. The van der Waals surface area contributed by atoms with Crippen LogP contribution >= 0.6 is 11.6 Å². The molecule has 0 aliphatic carbocycles. The summed E-state index contributed by atoms with van der Waals surface area (Å²) in [5, 5.41) is 32.8. The Kier molecular flexibility index (Phi) is 9.99. The smallest absolute Gasteiger partial charge is 0.407 e. The summed E-state index contributed by atoms with van der Waals surface area (Å²) in [6.45, 7) is 3.14. The van der Waals surface area contributed by atoms with Crippen molar-refractivity contribution >= 4 is 52.5 Å². The van der Waals surface area contributed by atoms with E-state index >= 15 is 0 Å². The second-order valence-electron chi connectivity index (χ2n) is 9.54. The highest BCUT2D eigenvalue weighted by Gasteiger charge is 2.35. The molecule has 4 rings (SSSR count). The zero-order chi connectivity index (χ0) is 31.1. The fourth-order valence-electron chi connectivity index (χ4n) is 4.58. The van der Waals surface area contributed by atoms with Crippen LogP contribution in [0, 0.1) is 22.7 Å². The number of carbonyl (C=O) groups excluding carboxylic acids is 2. The molecule has 1 saturated heterocycles. The Morgan fingerprint density at radius 3 is 2.77 bits per heavy atom. The van der Waals surface area contributed by atoms with Gasteiger partial charge in [0.15, 0.2) is 17.2 Å². The molecule has 0 bridgehead atoms. The lowest BCUT2D eigenvalue weighted by atomic mass is 10.00. The number of anilines is 4. The van der Waals surface area contributed by atoms with Crippen LogP contribution in [0.25, 0.3) is 5.65 Å². The average molecular weight is 611 g/mol. The van der Waals surface area contributed by atoms with Crippen molar-refractivity contribution in [3.05, 3.63) is 34.6 Å². The molecule has 1 aliphatic rings. The summed E-state index contributed by atoms with van der Waals surface area (Å²) in [4.78, 5) is 35.2. The fraction of sp³-hybridized carbons (Fsp3) is 0.423. The van der Waals surface area contributed by atoms with Gasteiger partial charge in [0.2, 0.25) is 5.95 Å². The van der Waals surface area contributed by atoms with Gasteiger partial charge in [0.05, 0.1) is 53.9 Å². The van der Waals surface area contributed by atoms with Gasteiger partial charge in [-0.1, -0.05) is 11.6 Å². The van der Waals surface area contributed by atoms with E-state index in [4.69, 9.17) is 32.5 Å². The monoisotopic (exact) mass is 610 g/mol. The van der Waals surface area contributed by atoms with Gasteiger partial charge in [0, 0.05) is 13.1 Å². The van der Waals surface area contributed by atoms with Gasteiger partial charge in [-0.3, -0.25) is 4.79 Å². The van der Waals surface area contributed by atoms with E-state index in [1.807, 2.05) is 17.9 Å². The number of ether oxygens (including phenoxy) is 2. The molecule has 17 heteroatoms. The molecular formula is C26H31ClN12O4. The molecule has 3 aromatic rings. The molecule has 0 spiro atoms. The van der Waals surface area contributed by atoms with Gasteiger partial charge in [0.25, 0.3) is 0 Å². The largest absolute Gasteiger partial charge is 0.457 e. The van der Waals surface area contributed by atoms with Gasteiger partial charge in [-0.25, -0.2) is 9.78 Å². The standard InChI is InChI=1S/C26H31ClN12O4/c1-3-32-22-23-33-12-15(11-30)39(23)37-25(36-22)34-18-8-14(10-29)9-19(21(18)27)38-7-5-17(35-26(41)42-2)20(13-38)43-24(40)16(31)4-6-28/h8-9,12,16-17,20H,3-7,13,28,31H2,1-2H3,(H,35,41)(H2,32,34,36,37). The lowest BCUT2D eigenvalue weighted by Gasteiger charge is -2.40. The maximum atomic E-state index is 12.7. The first-order valence-electron chi connectivity index (χ1n) is 13.4. The molecule has 43 heavy (non-hydrogen) atoms. The van der Waals surface area contributed by atoms with Crippen LogP contribution in [0.5, 0.6) is 0 Å². The Morgan fingerprint density at radius 1 is 1.30 bits per heavy atom. The molecule has 0 radical (unpaired) electrons. The molecule has 3 heterocycles. The number of nitrogens with one attached hydrogen (secondary N) is 3. The van der Waals surface area contributed by atoms with Crippen molar-refractivity contribution in [1.82, 2.24) is 24.9 Å². The first-order chi connectivity index (χ1) is 20.7. The minimum atomic E-state index is -0.929. The maximum absolute atomic E-state index is 12.7. The molecule has 226 valence electrons. The van der Waals surface area contributed by atoms with E-state index in [0.717, 1.165) is 0 Å². The highest BCUT2D eigenvalue weighted by molar-refractivity contribution is 6.36. The molecule has 16 nitrogen and oxygen atoms in total. The van der Waals surface area contributed by atoms with Crippen molar-refractivity contribution < 1.29 is 19.1 Å². The third kappa shape index (κ3) is 6.95. The Labute approximate surface area is 251 Å². The van der Waals surface area contributed by atoms with Crippen LogP contribution in [0.4, 0.5) is 27.9 Å². The summed E-state index contributed by atoms with van der Waals surface area (Å²) in [6, 6.07) is 5.82. The van der Waals surface area contributed by atoms with E-state index < -0.39 is 30.3 Å². The molecule has 0 saturated carbocycles.